The van der Waals surface area contributed by atoms with Crippen molar-refractivity contribution in [1.82, 2.24) is 20.1 Å². The number of hydrogen-bond acceptors (Lipinski definition) is 6. The van der Waals surface area contributed by atoms with Crippen molar-refractivity contribution in [3.63, 3.8) is 0 Å². The summed E-state index contributed by atoms with van der Waals surface area (Å²) >= 11 is 0. The maximum atomic E-state index is 11.9. The molecule has 0 aliphatic rings. The lowest BCUT2D eigenvalue weighted by Crippen LogP contribution is -1.99. The van der Waals surface area contributed by atoms with E-state index in [1.807, 2.05) is 63.2 Å². The van der Waals surface area contributed by atoms with E-state index in [0.717, 1.165) is 49.8 Å². The van der Waals surface area contributed by atoms with Crippen LogP contribution in [0.1, 0.15) is 27.6 Å². The SMILES string of the molecule is COc1cc2c(cc1-c1c(C)noc1C)[nH]c1nc(C)nc(-c3ccc(C(=O)O)c4ccccc34)c12. The maximum Gasteiger partial charge on any atom is 0.336 e. The molecular weight excluding hydrogens is 456 g/mol. The number of aromatic carboxylic acids is 1. The standard InChI is InChI=1S/C28H22N4O4/c1-13-24(14(2)36-32-13)21-11-22-20(12-23(21)35-4)25-26(29-15(3)30-27(25)31-22)18-9-10-19(28(33)34)17-8-6-5-7-16(17)18/h5-12H,1-4H3,(H,33,34)(H,29,30,31). The lowest BCUT2D eigenvalue weighted by atomic mass is 9.95. The summed E-state index contributed by atoms with van der Waals surface area (Å²) in [5, 5.41) is 17.0. The molecule has 178 valence electrons. The van der Waals surface area contributed by atoms with Crippen LogP contribution in [0.3, 0.4) is 0 Å². The van der Waals surface area contributed by atoms with E-state index in [2.05, 4.69) is 15.1 Å². The second-order valence-corrected chi connectivity index (χ2v) is 8.78. The Kier molecular flexibility index (Phi) is 4.79. The molecule has 3 heterocycles. The summed E-state index contributed by atoms with van der Waals surface area (Å²) in [4.78, 5) is 24.8. The van der Waals surface area contributed by atoms with Crippen molar-refractivity contribution < 1.29 is 19.2 Å². The second-order valence-electron chi connectivity index (χ2n) is 8.78. The molecule has 0 aliphatic heterocycles. The summed E-state index contributed by atoms with van der Waals surface area (Å²) in [6, 6.07) is 14.9. The van der Waals surface area contributed by atoms with E-state index in [-0.39, 0.29) is 5.56 Å². The molecule has 8 heteroatoms. The molecule has 6 rings (SSSR count). The number of nitrogens with one attached hydrogen (secondary N) is 1. The zero-order valence-corrected chi connectivity index (χ0v) is 20.1. The molecule has 0 atom stereocenters. The van der Waals surface area contributed by atoms with Crippen LogP contribution >= 0.6 is 0 Å². The van der Waals surface area contributed by atoms with Gasteiger partial charge in [0.05, 0.1) is 35.0 Å². The number of methoxy groups -OCH3 is 1. The Morgan fingerprint density at radius 2 is 1.75 bits per heavy atom. The predicted molar refractivity (Wildman–Crippen MR) is 138 cm³/mol. The van der Waals surface area contributed by atoms with Crippen molar-refractivity contribution in [2.75, 3.05) is 7.11 Å². The highest BCUT2D eigenvalue weighted by Crippen LogP contribution is 2.42. The Balaban J connectivity index is 1.70. The van der Waals surface area contributed by atoms with E-state index in [1.54, 1.807) is 13.2 Å². The molecule has 0 radical (unpaired) electrons. The number of rotatable bonds is 4. The third kappa shape index (κ3) is 3.15. The summed E-state index contributed by atoms with van der Waals surface area (Å²) in [5.74, 6) is 1.02. The van der Waals surface area contributed by atoms with Crippen LogP contribution in [0.4, 0.5) is 0 Å². The lowest BCUT2D eigenvalue weighted by Gasteiger charge is -2.11. The molecule has 0 aliphatic carbocycles. The van der Waals surface area contributed by atoms with Gasteiger partial charge in [-0.25, -0.2) is 14.8 Å². The second kappa shape index (κ2) is 7.91. The molecule has 0 fully saturated rings. The first-order valence-corrected chi connectivity index (χ1v) is 11.4. The van der Waals surface area contributed by atoms with Crippen LogP contribution < -0.4 is 4.74 Å². The first-order valence-electron chi connectivity index (χ1n) is 11.4. The van der Waals surface area contributed by atoms with Gasteiger partial charge >= 0.3 is 5.97 Å². The number of carboxylic acids is 1. The summed E-state index contributed by atoms with van der Waals surface area (Å²) < 4.78 is 11.2. The molecule has 6 aromatic rings. The number of hydrogen-bond donors (Lipinski definition) is 2. The van der Waals surface area contributed by atoms with Crippen molar-refractivity contribution in [2.24, 2.45) is 0 Å². The fourth-order valence-corrected chi connectivity index (χ4v) is 5.05. The fraction of sp³-hybridized carbons (Fsp3) is 0.143. The number of fused-ring (bicyclic) bond motifs is 4. The number of nitrogens with zero attached hydrogens (tertiary/aromatic N) is 3. The number of ether oxygens (including phenoxy) is 1. The van der Waals surface area contributed by atoms with E-state index in [9.17, 15) is 9.90 Å². The minimum atomic E-state index is -0.967. The fourth-order valence-electron chi connectivity index (χ4n) is 5.05. The molecule has 0 saturated heterocycles. The van der Waals surface area contributed by atoms with E-state index >= 15 is 0 Å². The summed E-state index contributed by atoms with van der Waals surface area (Å²) in [6.45, 7) is 5.63. The minimum absolute atomic E-state index is 0.251. The number of H-pyrrole nitrogens is 1. The molecule has 36 heavy (non-hydrogen) atoms. The number of aromatic amines is 1. The number of carboxylic acid groups (broad SMARTS) is 1. The third-order valence-electron chi connectivity index (χ3n) is 6.60. The summed E-state index contributed by atoms with van der Waals surface area (Å²) in [5.41, 5.74) is 5.92. The van der Waals surface area contributed by atoms with Crippen LogP contribution in [0, 0.1) is 20.8 Å². The van der Waals surface area contributed by atoms with Crippen molar-refractivity contribution in [3.05, 3.63) is 71.4 Å². The largest absolute Gasteiger partial charge is 0.496 e. The lowest BCUT2D eigenvalue weighted by molar-refractivity contribution is 0.0699. The van der Waals surface area contributed by atoms with Gasteiger partial charge in [-0.2, -0.15) is 0 Å². The Morgan fingerprint density at radius 3 is 2.44 bits per heavy atom. The van der Waals surface area contributed by atoms with Gasteiger partial charge in [0, 0.05) is 22.0 Å². The molecule has 0 spiro atoms. The van der Waals surface area contributed by atoms with Crippen LogP contribution in [0.2, 0.25) is 0 Å². The Bertz CT molecular complexity index is 1830. The van der Waals surface area contributed by atoms with Gasteiger partial charge in [0.15, 0.2) is 0 Å². The van der Waals surface area contributed by atoms with Crippen LogP contribution in [-0.2, 0) is 0 Å². The van der Waals surface area contributed by atoms with Gasteiger partial charge in [0.1, 0.15) is 23.0 Å². The normalized spacial score (nSPS) is 11.6. The van der Waals surface area contributed by atoms with E-state index in [4.69, 9.17) is 14.2 Å². The third-order valence-corrected chi connectivity index (χ3v) is 6.60. The molecule has 3 aromatic heterocycles. The first-order chi connectivity index (χ1) is 17.4. The molecule has 0 unspecified atom stereocenters. The van der Waals surface area contributed by atoms with Gasteiger partial charge in [0.2, 0.25) is 0 Å². The van der Waals surface area contributed by atoms with Crippen molar-refractivity contribution in [1.29, 1.82) is 0 Å². The number of benzene rings is 3. The predicted octanol–water partition coefficient (Wildman–Crippen LogP) is 6.22. The smallest absolute Gasteiger partial charge is 0.336 e. The molecule has 3 aromatic carbocycles. The maximum absolute atomic E-state index is 11.9. The molecular formula is C28H22N4O4. The number of aromatic nitrogens is 4. The van der Waals surface area contributed by atoms with Crippen LogP contribution in [0.5, 0.6) is 5.75 Å². The van der Waals surface area contributed by atoms with Gasteiger partial charge in [-0.3, -0.25) is 0 Å². The number of aryl methyl sites for hydroxylation is 3. The van der Waals surface area contributed by atoms with E-state index < -0.39 is 5.97 Å². The summed E-state index contributed by atoms with van der Waals surface area (Å²) in [6.07, 6.45) is 0. The molecule has 0 amide bonds. The zero-order valence-electron chi connectivity index (χ0n) is 20.1. The molecule has 0 bridgehead atoms. The van der Waals surface area contributed by atoms with Gasteiger partial charge < -0.3 is 19.4 Å². The van der Waals surface area contributed by atoms with Gasteiger partial charge in [-0.05, 0) is 49.7 Å². The average molecular weight is 479 g/mol. The Morgan fingerprint density at radius 1 is 0.972 bits per heavy atom. The summed E-state index contributed by atoms with van der Waals surface area (Å²) in [7, 11) is 1.64. The van der Waals surface area contributed by atoms with Crippen LogP contribution in [0.25, 0.3) is 55.1 Å². The zero-order chi connectivity index (χ0) is 25.1. The van der Waals surface area contributed by atoms with Gasteiger partial charge in [-0.15, -0.1) is 0 Å². The first kappa shape index (κ1) is 21.8. The highest BCUT2D eigenvalue weighted by molar-refractivity contribution is 6.17. The Hall–Kier alpha value is -4.72. The topological polar surface area (TPSA) is 114 Å². The molecule has 2 N–H and O–H groups in total. The van der Waals surface area contributed by atoms with Crippen molar-refractivity contribution in [3.8, 4) is 28.1 Å². The van der Waals surface area contributed by atoms with E-state index in [1.165, 1.54) is 0 Å². The molecule has 8 nitrogen and oxygen atoms in total. The van der Waals surface area contributed by atoms with Crippen molar-refractivity contribution >= 4 is 38.7 Å². The van der Waals surface area contributed by atoms with Gasteiger partial charge in [0.25, 0.3) is 0 Å². The molecule has 0 saturated carbocycles. The highest BCUT2D eigenvalue weighted by atomic mass is 16.5. The highest BCUT2D eigenvalue weighted by Gasteiger charge is 2.22. The quantitative estimate of drug-likeness (QED) is 0.309. The van der Waals surface area contributed by atoms with E-state index in [0.29, 0.717) is 28.4 Å². The van der Waals surface area contributed by atoms with Crippen LogP contribution in [0.15, 0.2) is 53.1 Å². The van der Waals surface area contributed by atoms with Crippen LogP contribution in [-0.4, -0.2) is 38.3 Å². The number of carbonyl (C=O) groups is 1. The minimum Gasteiger partial charge on any atom is -0.496 e. The Labute approximate surface area is 205 Å². The van der Waals surface area contributed by atoms with Gasteiger partial charge in [-0.1, -0.05) is 35.5 Å². The monoisotopic (exact) mass is 478 g/mol. The average Bonchev–Trinajstić information content (AvgIpc) is 3.39. The van der Waals surface area contributed by atoms with Crippen molar-refractivity contribution in [2.45, 2.75) is 20.8 Å².